The molecule has 0 N–H and O–H groups in total. The second-order valence-electron chi connectivity index (χ2n) is 6.13. The van der Waals surface area contributed by atoms with Crippen molar-refractivity contribution in [3.05, 3.63) is 94.8 Å². The van der Waals surface area contributed by atoms with E-state index >= 15 is 0 Å². The Hall–Kier alpha value is -3.80. The second kappa shape index (κ2) is 7.08. The highest BCUT2D eigenvalue weighted by molar-refractivity contribution is 6.14. The summed E-state index contributed by atoms with van der Waals surface area (Å²) in [6.07, 6.45) is 3.16. The van der Waals surface area contributed by atoms with Gasteiger partial charge in [0, 0.05) is 17.8 Å². The maximum Gasteiger partial charge on any atom is 0.346 e. The second-order valence-corrected chi connectivity index (χ2v) is 6.13. The van der Waals surface area contributed by atoms with Crippen LogP contribution in [0, 0.1) is 12.7 Å². The minimum absolute atomic E-state index is 0.134. The van der Waals surface area contributed by atoms with E-state index in [-0.39, 0.29) is 22.9 Å². The molecule has 0 unspecified atom stereocenters. The first kappa shape index (κ1) is 17.6. The molecule has 0 spiro atoms. The van der Waals surface area contributed by atoms with Gasteiger partial charge >= 0.3 is 5.97 Å². The van der Waals surface area contributed by atoms with Crippen LogP contribution >= 0.6 is 0 Å². The molecule has 138 valence electrons. The molecule has 1 aliphatic rings. The van der Waals surface area contributed by atoms with Crippen molar-refractivity contribution in [3.8, 4) is 11.5 Å². The highest BCUT2D eigenvalue weighted by atomic mass is 19.1. The normalized spacial score (nSPS) is 13.9. The summed E-state index contributed by atoms with van der Waals surface area (Å²) in [5.41, 5.74) is 1.25. The van der Waals surface area contributed by atoms with Crippen molar-refractivity contribution in [2.24, 2.45) is 0 Å². The number of ketones is 1. The Labute approximate surface area is 160 Å². The number of rotatable bonds is 3. The van der Waals surface area contributed by atoms with E-state index in [9.17, 15) is 14.0 Å². The lowest BCUT2D eigenvalue weighted by atomic mass is 10.1. The zero-order chi connectivity index (χ0) is 19.7. The monoisotopic (exact) mass is 375 g/mol. The predicted octanol–water partition coefficient (Wildman–Crippen LogP) is 4.36. The summed E-state index contributed by atoms with van der Waals surface area (Å²) in [6, 6.07) is 13.9. The summed E-state index contributed by atoms with van der Waals surface area (Å²) < 4.78 is 24.8. The lowest BCUT2D eigenvalue weighted by Crippen LogP contribution is -2.11. The van der Waals surface area contributed by atoms with Crippen LogP contribution < -0.4 is 9.47 Å². The van der Waals surface area contributed by atoms with Crippen molar-refractivity contribution in [2.45, 2.75) is 6.92 Å². The maximum absolute atomic E-state index is 13.8. The third kappa shape index (κ3) is 3.16. The standard InChI is InChI=1S/C22H14FNO4/c1-13-18(28-22(26)15-7-2-3-8-17(15)23)10-9-16-20(25)19(27-21(13)16)12-14-6-4-5-11-24-14/h2-12H,1H3/b19-12-. The third-order valence-corrected chi connectivity index (χ3v) is 4.30. The highest BCUT2D eigenvalue weighted by Crippen LogP contribution is 2.39. The Bertz CT molecular complexity index is 1120. The first-order valence-electron chi connectivity index (χ1n) is 8.50. The van der Waals surface area contributed by atoms with E-state index in [1.165, 1.54) is 30.3 Å². The number of Topliss-reactive ketones (excluding diaryl/α,β-unsaturated/α-hetero) is 1. The van der Waals surface area contributed by atoms with Crippen LogP contribution in [0.15, 0.2) is 66.6 Å². The van der Waals surface area contributed by atoms with Crippen molar-refractivity contribution in [1.82, 2.24) is 4.98 Å². The zero-order valence-corrected chi connectivity index (χ0v) is 14.8. The third-order valence-electron chi connectivity index (χ3n) is 4.30. The Morgan fingerprint density at radius 2 is 1.89 bits per heavy atom. The molecule has 0 fully saturated rings. The number of carbonyl (C=O) groups excluding carboxylic acids is 2. The van der Waals surface area contributed by atoms with Crippen molar-refractivity contribution < 1.29 is 23.5 Å². The number of carbonyl (C=O) groups is 2. The van der Waals surface area contributed by atoms with Crippen LogP contribution in [0.3, 0.4) is 0 Å². The SMILES string of the molecule is Cc1c(OC(=O)c2ccccc2F)ccc2c1O/C(=C\c1ccccn1)C2=O. The first-order valence-corrected chi connectivity index (χ1v) is 8.50. The average Bonchev–Trinajstić information content (AvgIpc) is 3.01. The lowest BCUT2D eigenvalue weighted by molar-refractivity contribution is 0.0728. The van der Waals surface area contributed by atoms with Crippen LogP contribution in [0.2, 0.25) is 0 Å². The quantitative estimate of drug-likeness (QED) is 0.386. The smallest absolute Gasteiger partial charge is 0.346 e. The maximum atomic E-state index is 13.8. The summed E-state index contributed by atoms with van der Waals surface area (Å²) in [5, 5.41) is 0. The van der Waals surface area contributed by atoms with Gasteiger partial charge in [-0.05, 0) is 43.3 Å². The molecular formula is C22H14FNO4. The van der Waals surface area contributed by atoms with Gasteiger partial charge in [-0.1, -0.05) is 18.2 Å². The van der Waals surface area contributed by atoms with Crippen LogP contribution in [0.5, 0.6) is 11.5 Å². The molecule has 2 aromatic carbocycles. The highest BCUT2D eigenvalue weighted by Gasteiger charge is 2.30. The van der Waals surface area contributed by atoms with E-state index in [0.29, 0.717) is 22.6 Å². The molecule has 5 nitrogen and oxygen atoms in total. The van der Waals surface area contributed by atoms with Crippen LogP contribution in [-0.4, -0.2) is 16.7 Å². The number of benzene rings is 2. The molecule has 3 aromatic rings. The summed E-state index contributed by atoms with van der Waals surface area (Å²) in [7, 11) is 0. The fraction of sp³-hybridized carbons (Fsp3) is 0.0455. The van der Waals surface area contributed by atoms with E-state index in [0.717, 1.165) is 0 Å². The van der Waals surface area contributed by atoms with Gasteiger partial charge in [0.1, 0.15) is 17.3 Å². The topological polar surface area (TPSA) is 65.5 Å². The van der Waals surface area contributed by atoms with Crippen molar-refractivity contribution >= 4 is 17.8 Å². The fourth-order valence-corrected chi connectivity index (χ4v) is 2.86. The molecule has 4 rings (SSSR count). The van der Waals surface area contributed by atoms with Crippen molar-refractivity contribution in [2.75, 3.05) is 0 Å². The Kier molecular flexibility index (Phi) is 4.45. The van der Waals surface area contributed by atoms with Gasteiger partial charge < -0.3 is 9.47 Å². The molecule has 6 heteroatoms. The number of hydrogen-bond donors (Lipinski definition) is 0. The lowest BCUT2D eigenvalue weighted by Gasteiger charge is -2.10. The van der Waals surface area contributed by atoms with Gasteiger partial charge in [0.05, 0.1) is 16.8 Å². The molecule has 0 atom stereocenters. The van der Waals surface area contributed by atoms with Gasteiger partial charge in [0.15, 0.2) is 5.76 Å². The molecular weight excluding hydrogens is 361 g/mol. The Morgan fingerprint density at radius 3 is 2.64 bits per heavy atom. The van der Waals surface area contributed by atoms with Gasteiger partial charge in [0.2, 0.25) is 5.78 Å². The molecule has 0 aliphatic carbocycles. The summed E-state index contributed by atoms with van der Waals surface area (Å²) in [6.45, 7) is 1.67. The van der Waals surface area contributed by atoms with E-state index in [4.69, 9.17) is 9.47 Å². The van der Waals surface area contributed by atoms with E-state index < -0.39 is 11.8 Å². The largest absolute Gasteiger partial charge is 0.452 e. The van der Waals surface area contributed by atoms with Crippen LogP contribution in [0.4, 0.5) is 4.39 Å². The molecule has 0 saturated carbocycles. The number of fused-ring (bicyclic) bond motifs is 1. The number of aromatic nitrogens is 1. The number of ether oxygens (including phenoxy) is 2. The number of pyridine rings is 1. The summed E-state index contributed by atoms with van der Waals surface area (Å²) in [5.74, 6) is -1.14. The first-order chi connectivity index (χ1) is 13.5. The minimum Gasteiger partial charge on any atom is -0.452 e. The van der Waals surface area contributed by atoms with Crippen molar-refractivity contribution in [1.29, 1.82) is 0 Å². The molecule has 0 radical (unpaired) electrons. The summed E-state index contributed by atoms with van der Waals surface area (Å²) in [4.78, 5) is 29.0. The van der Waals surface area contributed by atoms with Gasteiger partial charge in [-0.3, -0.25) is 9.78 Å². The minimum atomic E-state index is -0.824. The van der Waals surface area contributed by atoms with Gasteiger partial charge in [-0.25, -0.2) is 9.18 Å². The predicted molar refractivity (Wildman–Crippen MR) is 99.7 cm³/mol. The zero-order valence-electron chi connectivity index (χ0n) is 14.8. The van der Waals surface area contributed by atoms with Gasteiger partial charge in [0.25, 0.3) is 0 Å². The molecule has 0 amide bonds. The number of halogens is 1. The Balaban J connectivity index is 1.63. The average molecular weight is 375 g/mol. The van der Waals surface area contributed by atoms with E-state index in [1.807, 2.05) is 0 Å². The van der Waals surface area contributed by atoms with Crippen molar-refractivity contribution in [3.63, 3.8) is 0 Å². The fourth-order valence-electron chi connectivity index (χ4n) is 2.86. The van der Waals surface area contributed by atoms with Gasteiger partial charge in [-0.2, -0.15) is 0 Å². The molecule has 28 heavy (non-hydrogen) atoms. The molecule has 0 bridgehead atoms. The number of hydrogen-bond acceptors (Lipinski definition) is 5. The van der Waals surface area contributed by atoms with Crippen LogP contribution in [-0.2, 0) is 0 Å². The van der Waals surface area contributed by atoms with Crippen LogP contribution in [0.1, 0.15) is 32.0 Å². The molecule has 0 saturated heterocycles. The molecule has 2 heterocycles. The summed E-state index contributed by atoms with van der Waals surface area (Å²) >= 11 is 0. The molecule has 1 aromatic heterocycles. The van der Waals surface area contributed by atoms with E-state index in [1.54, 1.807) is 43.5 Å². The van der Waals surface area contributed by atoms with E-state index in [2.05, 4.69) is 4.98 Å². The molecule has 1 aliphatic heterocycles. The number of nitrogens with zero attached hydrogens (tertiary/aromatic N) is 1. The number of allylic oxidation sites excluding steroid dienone is 1. The van der Waals surface area contributed by atoms with Gasteiger partial charge in [-0.15, -0.1) is 0 Å². The Morgan fingerprint density at radius 1 is 1.11 bits per heavy atom. The van der Waals surface area contributed by atoms with Crippen LogP contribution in [0.25, 0.3) is 6.08 Å². The number of esters is 1.